The van der Waals surface area contributed by atoms with Crippen molar-refractivity contribution in [1.82, 2.24) is 15.2 Å². The lowest BCUT2D eigenvalue weighted by atomic mass is 10.0. The van der Waals surface area contributed by atoms with Gasteiger partial charge in [-0.3, -0.25) is 4.79 Å². The molecule has 1 aliphatic heterocycles. The number of pyridine rings is 1. The van der Waals surface area contributed by atoms with Crippen LogP contribution in [0, 0.1) is 13.8 Å². The number of ether oxygens (including phenoxy) is 1. The van der Waals surface area contributed by atoms with Crippen molar-refractivity contribution < 1.29 is 4.74 Å². The van der Waals surface area contributed by atoms with Crippen LogP contribution in [-0.4, -0.2) is 34.3 Å². The zero-order valence-corrected chi connectivity index (χ0v) is 19.8. The molecule has 2 heterocycles. The lowest BCUT2D eigenvalue weighted by molar-refractivity contribution is 0.0895. The molecule has 5 nitrogen and oxygen atoms in total. The van der Waals surface area contributed by atoms with E-state index in [0.29, 0.717) is 23.8 Å². The highest BCUT2D eigenvalue weighted by atomic mass is 32.1. The van der Waals surface area contributed by atoms with Crippen LogP contribution in [0.5, 0.6) is 0 Å². The average Bonchev–Trinajstić information content (AvgIpc) is 3.29. The van der Waals surface area contributed by atoms with Gasteiger partial charge in [0.05, 0.1) is 18.7 Å². The van der Waals surface area contributed by atoms with E-state index in [1.807, 2.05) is 30.3 Å². The van der Waals surface area contributed by atoms with Gasteiger partial charge in [-0.25, -0.2) is 0 Å². The molecular formula is C26H31N3O2S. The van der Waals surface area contributed by atoms with Gasteiger partial charge in [0.25, 0.3) is 5.56 Å². The number of H-pyrrole nitrogens is 1. The van der Waals surface area contributed by atoms with Gasteiger partial charge in [0.15, 0.2) is 5.11 Å². The van der Waals surface area contributed by atoms with Gasteiger partial charge in [-0.05, 0) is 86.1 Å². The number of aromatic nitrogens is 1. The largest absolute Gasteiger partial charge is 0.376 e. The Morgan fingerprint density at radius 1 is 1.22 bits per heavy atom. The molecule has 1 saturated heterocycles. The Labute approximate surface area is 194 Å². The molecule has 0 radical (unpaired) electrons. The molecule has 2 aromatic carbocycles. The first-order chi connectivity index (χ1) is 15.4. The standard InChI is InChI=1S/C26H31N3O2S/c1-17-12-21-14-22(25(30)28-24(21)13-18(17)2)15-29(16-23-10-7-11-31-23)26(32)27-19(3)20-8-5-4-6-9-20/h4-6,8-9,12-14,19,23H,7,10-11,15-16H2,1-3H3,(H,27,32)(H,28,30)/t19-,23-/m0/s1. The minimum Gasteiger partial charge on any atom is -0.376 e. The summed E-state index contributed by atoms with van der Waals surface area (Å²) < 4.78 is 5.88. The van der Waals surface area contributed by atoms with E-state index < -0.39 is 0 Å². The van der Waals surface area contributed by atoms with Crippen molar-refractivity contribution in [1.29, 1.82) is 0 Å². The molecule has 6 heteroatoms. The lowest BCUT2D eigenvalue weighted by Crippen LogP contribution is -2.44. The molecule has 0 aliphatic carbocycles. The quantitative estimate of drug-likeness (QED) is 0.532. The monoisotopic (exact) mass is 449 g/mol. The summed E-state index contributed by atoms with van der Waals surface area (Å²) in [7, 11) is 0. The van der Waals surface area contributed by atoms with E-state index in [1.54, 1.807) is 0 Å². The number of hydrogen-bond acceptors (Lipinski definition) is 3. The van der Waals surface area contributed by atoms with Crippen LogP contribution in [0.3, 0.4) is 0 Å². The number of nitrogens with one attached hydrogen (secondary N) is 2. The summed E-state index contributed by atoms with van der Waals surface area (Å²) in [6.45, 7) is 8.13. The number of rotatable bonds is 6. The number of aromatic amines is 1. The number of hydrogen-bond donors (Lipinski definition) is 2. The highest BCUT2D eigenvalue weighted by Gasteiger charge is 2.23. The fourth-order valence-corrected chi connectivity index (χ4v) is 4.52. The van der Waals surface area contributed by atoms with E-state index in [1.165, 1.54) is 16.7 Å². The van der Waals surface area contributed by atoms with Gasteiger partial charge in [0.1, 0.15) is 0 Å². The van der Waals surface area contributed by atoms with Crippen molar-refractivity contribution in [2.45, 2.75) is 52.3 Å². The number of fused-ring (bicyclic) bond motifs is 1. The minimum absolute atomic E-state index is 0.0659. The van der Waals surface area contributed by atoms with E-state index in [2.05, 4.69) is 54.2 Å². The third-order valence-electron chi connectivity index (χ3n) is 6.27. The van der Waals surface area contributed by atoms with Crippen LogP contribution in [0.1, 0.15) is 48.1 Å². The maximum atomic E-state index is 12.9. The molecule has 168 valence electrons. The summed E-state index contributed by atoms with van der Waals surface area (Å²) in [6.07, 6.45) is 2.21. The number of benzene rings is 2. The smallest absolute Gasteiger partial charge is 0.253 e. The zero-order chi connectivity index (χ0) is 22.7. The van der Waals surface area contributed by atoms with Gasteiger partial charge in [-0.2, -0.15) is 0 Å². The van der Waals surface area contributed by atoms with Crippen molar-refractivity contribution in [3.8, 4) is 0 Å². The summed E-state index contributed by atoms with van der Waals surface area (Å²) in [5, 5.41) is 5.13. The Balaban J connectivity index is 1.58. The molecule has 0 bridgehead atoms. The van der Waals surface area contributed by atoms with Crippen molar-refractivity contribution in [3.05, 3.63) is 81.1 Å². The van der Waals surface area contributed by atoms with Crippen molar-refractivity contribution >= 4 is 28.2 Å². The molecule has 0 saturated carbocycles. The van der Waals surface area contributed by atoms with Crippen molar-refractivity contribution in [2.24, 2.45) is 0 Å². The van der Waals surface area contributed by atoms with E-state index >= 15 is 0 Å². The molecule has 0 amide bonds. The van der Waals surface area contributed by atoms with Gasteiger partial charge >= 0.3 is 0 Å². The third-order valence-corrected chi connectivity index (χ3v) is 6.65. The molecule has 1 aliphatic rings. The number of nitrogens with zero attached hydrogens (tertiary/aromatic N) is 1. The second kappa shape index (κ2) is 9.84. The molecule has 4 rings (SSSR count). The fraction of sp³-hybridized carbons (Fsp3) is 0.385. The van der Waals surface area contributed by atoms with E-state index in [-0.39, 0.29) is 17.7 Å². The maximum Gasteiger partial charge on any atom is 0.253 e. The van der Waals surface area contributed by atoms with Crippen LogP contribution >= 0.6 is 12.2 Å². The minimum atomic E-state index is -0.0722. The molecule has 3 aromatic rings. The number of thiocarbonyl (C=S) groups is 1. The predicted molar refractivity (Wildman–Crippen MR) is 134 cm³/mol. The SMILES string of the molecule is Cc1cc2cc(CN(C[C@@H]3CCCO3)C(=S)N[C@@H](C)c3ccccc3)c(=O)[nH]c2cc1C. The van der Waals surface area contributed by atoms with Crippen molar-refractivity contribution in [3.63, 3.8) is 0 Å². The Hall–Kier alpha value is -2.70. The fourth-order valence-electron chi connectivity index (χ4n) is 4.20. The van der Waals surface area contributed by atoms with Crippen LogP contribution < -0.4 is 10.9 Å². The average molecular weight is 450 g/mol. The first-order valence-corrected chi connectivity index (χ1v) is 11.7. The molecule has 0 spiro atoms. The zero-order valence-electron chi connectivity index (χ0n) is 19.0. The summed E-state index contributed by atoms with van der Waals surface area (Å²) in [5.74, 6) is 0. The molecule has 2 atom stereocenters. The molecule has 1 aromatic heterocycles. The topological polar surface area (TPSA) is 57.4 Å². The third kappa shape index (κ3) is 5.19. The van der Waals surface area contributed by atoms with Crippen LogP contribution in [-0.2, 0) is 11.3 Å². The molecular weight excluding hydrogens is 418 g/mol. The summed E-state index contributed by atoms with van der Waals surface area (Å²) in [5.41, 5.74) is 5.04. The first kappa shape index (κ1) is 22.5. The Bertz CT molecular complexity index is 1150. The highest BCUT2D eigenvalue weighted by molar-refractivity contribution is 7.80. The van der Waals surface area contributed by atoms with E-state index in [0.717, 1.165) is 30.4 Å². The Morgan fingerprint density at radius 2 is 1.97 bits per heavy atom. The van der Waals surface area contributed by atoms with Crippen LogP contribution in [0.2, 0.25) is 0 Å². The summed E-state index contributed by atoms with van der Waals surface area (Å²) >= 11 is 5.81. The normalized spacial score (nSPS) is 16.8. The molecule has 2 N–H and O–H groups in total. The van der Waals surface area contributed by atoms with Gasteiger partial charge in [-0.1, -0.05) is 30.3 Å². The lowest BCUT2D eigenvalue weighted by Gasteiger charge is -2.30. The summed E-state index contributed by atoms with van der Waals surface area (Å²) in [4.78, 5) is 18.0. The molecule has 0 unspecified atom stereocenters. The molecule has 32 heavy (non-hydrogen) atoms. The van der Waals surface area contributed by atoms with E-state index in [4.69, 9.17) is 17.0 Å². The molecule has 1 fully saturated rings. The van der Waals surface area contributed by atoms with E-state index in [9.17, 15) is 4.79 Å². The van der Waals surface area contributed by atoms with Gasteiger partial charge in [0, 0.05) is 24.2 Å². The summed E-state index contributed by atoms with van der Waals surface area (Å²) in [6, 6.07) is 16.5. The second-order valence-electron chi connectivity index (χ2n) is 8.74. The second-order valence-corrected chi connectivity index (χ2v) is 9.13. The van der Waals surface area contributed by atoms with Crippen LogP contribution in [0.15, 0.2) is 53.3 Å². The van der Waals surface area contributed by atoms with Gasteiger partial charge < -0.3 is 19.9 Å². The first-order valence-electron chi connectivity index (χ1n) is 11.3. The van der Waals surface area contributed by atoms with Crippen LogP contribution in [0.4, 0.5) is 0 Å². The highest BCUT2D eigenvalue weighted by Crippen LogP contribution is 2.20. The predicted octanol–water partition coefficient (Wildman–Crippen LogP) is 4.76. The number of aryl methyl sites for hydroxylation is 2. The Kier molecular flexibility index (Phi) is 6.92. The van der Waals surface area contributed by atoms with Gasteiger partial charge in [-0.15, -0.1) is 0 Å². The van der Waals surface area contributed by atoms with Gasteiger partial charge in [0.2, 0.25) is 0 Å². The Morgan fingerprint density at radius 3 is 2.69 bits per heavy atom. The van der Waals surface area contributed by atoms with Crippen molar-refractivity contribution in [2.75, 3.05) is 13.2 Å². The van der Waals surface area contributed by atoms with Crippen LogP contribution in [0.25, 0.3) is 10.9 Å². The maximum absolute atomic E-state index is 12.9.